The molecule has 0 aromatic rings. The fourth-order valence-electron chi connectivity index (χ4n) is 4.86. The van der Waals surface area contributed by atoms with Crippen LogP contribution in [0.5, 0.6) is 0 Å². The van der Waals surface area contributed by atoms with Crippen LogP contribution in [0.1, 0.15) is 12.8 Å². The Morgan fingerprint density at radius 3 is 1.64 bits per heavy atom. The van der Waals surface area contributed by atoms with E-state index in [0.717, 1.165) is 12.5 Å². The van der Waals surface area contributed by atoms with Gasteiger partial charge in [-0.05, 0) is 64.7 Å². The maximum atomic E-state index is 10.7. The van der Waals surface area contributed by atoms with Crippen molar-refractivity contribution in [3.8, 4) is 0 Å². The predicted molar refractivity (Wildman–Crippen MR) is 147 cm³/mol. The summed E-state index contributed by atoms with van der Waals surface area (Å²) in [6.07, 6.45) is -13.3. The third-order valence-electron chi connectivity index (χ3n) is 6.31. The van der Waals surface area contributed by atoms with Crippen molar-refractivity contribution < 1.29 is 62.9 Å². The Hall–Kier alpha value is 0.131. The molecule has 7 N–H and O–H groups in total. The first-order chi connectivity index (χ1) is 17.9. The summed E-state index contributed by atoms with van der Waals surface area (Å²) >= 11 is 0. The van der Waals surface area contributed by atoms with Crippen molar-refractivity contribution in [2.45, 2.75) is 126 Å². The first-order valence-electron chi connectivity index (χ1n) is 13.5. The van der Waals surface area contributed by atoms with Crippen LogP contribution in [0.4, 0.5) is 0 Å². The van der Waals surface area contributed by atoms with Crippen molar-refractivity contribution in [2.75, 3.05) is 19.8 Å². The molecule has 0 aromatic heterocycles. The standard InChI is InChI=1S/C23H50O13Si3/c1-37(2,3)35-39(7,36-38(4,5)6)11-9-8-10-31-22-20(30)18(28)21(15(13-25)33-22)34-23-19(29)17(27)16(26)14(12-24)32-23/h14-30H,8-13H2,1-7H3/t14-,15-,16-,17+,18-,19-,20-,21-,22-,23-/m1/s1. The molecule has 2 saturated heterocycles. The average Bonchev–Trinajstić information content (AvgIpc) is 2.80. The number of rotatable bonds is 14. The lowest BCUT2D eigenvalue weighted by atomic mass is 9.97. The molecule has 0 aromatic carbocycles. The van der Waals surface area contributed by atoms with E-state index in [4.69, 9.17) is 27.2 Å². The second-order valence-corrected chi connectivity index (χ2v) is 25.2. The molecule has 0 radical (unpaired) electrons. The average molecular weight is 619 g/mol. The Bertz CT molecular complexity index is 717. The van der Waals surface area contributed by atoms with Crippen molar-refractivity contribution in [1.82, 2.24) is 0 Å². The van der Waals surface area contributed by atoms with E-state index in [1.807, 2.05) is 0 Å². The Morgan fingerprint density at radius 1 is 0.615 bits per heavy atom. The van der Waals surface area contributed by atoms with Gasteiger partial charge in [0, 0.05) is 6.61 Å². The second kappa shape index (κ2) is 14.5. The first-order valence-corrected chi connectivity index (χ1v) is 22.9. The van der Waals surface area contributed by atoms with Crippen molar-refractivity contribution in [3.63, 3.8) is 0 Å². The maximum absolute atomic E-state index is 10.7. The van der Waals surface area contributed by atoms with E-state index in [0.29, 0.717) is 6.42 Å². The highest BCUT2D eigenvalue weighted by molar-refractivity contribution is 6.87. The molecule has 0 bridgehead atoms. The van der Waals surface area contributed by atoms with Gasteiger partial charge < -0.3 is 62.9 Å². The molecule has 2 heterocycles. The quantitative estimate of drug-likeness (QED) is 0.0943. The Labute approximate surface area is 234 Å². The van der Waals surface area contributed by atoms with Gasteiger partial charge in [-0.1, -0.05) is 0 Å². The van der Waals surface area contributed by atoms with Gasteiger partial charge >= 0.3 is 8.56 Å². The number of ether oxygens (including phenoxy) is 4. The van der Waals surface area contributed by atoms with E-state index < -0.39 is 99.8 Å². The smallest absolute Gasteiger partial charge is 0.314 e. The van der Waals surface area contributed by atoms with Gasteiger partial charge in [-0.25, -0.2) is 0 Å². The molecule has 2 aliphatic heterocycles. The molecule has 2 fully saturated rings. The lowest BCUT2D eigenvalue weighted by molar-refractivity contribution is -0.359. The van der Waals surface area contributed by atoms with Gasteiger partial charge in [-0.15, -0.1) is 0 Å². The van der Waals surface area contributed by atoms with Gasteiger partial charge in [-0.2, -0.15) is 0 Å². The van der Waals surface area contributed by atoms with Gasteiger partial charge in [0.15, 0.2) is 29.2 Å². The van der Waals surface area contributed by atoms with E-state index in [9.17, 15) is 35.7 Å². The van der Waals surface area contributed by atoms with Gasteiger partial charge in [0.25, 0.3) is 0 Å². The van der Waals surface area contributed by atoms with E-state index in [-0.39, 0.29) is 6.61 Å². The number of aliphatic hydroxyl groups excluding tert-OH is 7. The van der Waals surface area contributed by atoms with Gasteiger partial charge in [0.1, 0.15) is 48.8 Å². The van der Waals surface area contributed by atoms with Crippen molar-refractivity contribution in [2.24, 2.45) is 0 Å². The highest BCUT2D eigenvalue weighted by Crippen LogP contribution is 2.30. The molecule has 232 valence electrons. The van der Waals surface area contributed by atoms with E-state index in [1.54, 1.807) is 0 Å². The number of aliphatic hydroxyl groups is 7. The maximum Gasteiger partial charge on any atom is 0.314 e. The molecule has 2 aliphatic rings. The molecule has 13 nitrogen and oxygen atoms in total. The zero-order valence-electron chi connectivity index (χ0n) is 24.1. The third-order valence-corrected chi connectivity index (χ3v) is 15.9. The van der Waals surface area contributed by atoms with Crippen LogP contribution in [0.25, 0.3) is 0 Å². The largest absolute Gasteiger partial charge is 0.437 e. The molecule has 10 atom stereocenters. The summed E-state index contributed by atoms with van der Waals surface area (Å²) in [6.45, 7) is 13.9. The van der Waals surface area contributed by atoms with Crippen LogP contribution in [-0.4, -0.2) is 142 Å². The monoisotopic (exact) mass is 618 g/mol. The molecule has 2 rings (SSSR count). The first kappa shape index (κ1) is 35.3. The Morgan fingerprint density at radius 2 is 1.13 bits per heavy atom. The van der Waals surface area contributed by atoms with Crippen LogP contribution < -0.4 is 0 Å². The van der Waals surface area contributed by atoms with Crippen molar-refractivity contribution >= 4 is 25.2 Å². The van der Waals surface area contributed by atoms with Crippen LogP contribution in [0.15, 0.2) is 0 Å². The molecular formula is C23H50O13Si3. The van der Waals surface area contributed by atoms with E-state index >= 15 is 0 Å². The molecular weight excluding hydrogens is 568 g/mol. The molecule has 39 heavy (non-hydrogen) atoms. The summed E-state index contributed by atoms with van der Waals surface area (Å²) in [6, 6.07) is 0.788. The molecule has 0 aliphatic carbocycles. The van der Waals surface area contributed by atoms with Gasteiger partial charge in [0.2, 0.25) is 0 Å². The minimum atomic E-state index is -2.39. The number of hydrogen-bond donors (Lipinski definition) is 7. The Kier molecular flexibility index (Phi) is 13.2. The SMILES string of the molecule is C[Si](C)(C)O[Si](C)(CCCCO[C@@H]1O[C@H](CO)[C@@H](O[C@H]2O[C@H](CO)[C@@H](O)[C@H](O)[C@H]2O)[C@H](O)[C@H]1O)O[Si](C)(C)C. The molecule has 0 amide bonds. The lowest BCUT2D eigenvalue weighted by Crippen LogP contribution is -2.64. The normalized spacial score (nSPS) is 36.8. The molecule has 0 saturated carbocycles. The molecule has 0 spiro atoms. The highest BCUT2D eigenvalue weighted by Gasteiger charge is 2.50. The number of unbranched alkanes of at least 4 members (excludes halogenated alkanes) is 1. The van der Waals surface area contributed by atoms with Crippen molar-refractivity contribution in [3.05, 3.63) is 0 Å². The van der Waals surface area contributed by atoms with Crippen molar-refractivity contribution in [1.29, 1.82) is 0 Å². The van der Waals surface area contributed by atoms with Crippen LogP contribution in [-0.2, 0) is 27.2 Å². The summed E-state index contributed by atoms with van der Waals surface area (Å²) < 4.78 is 35.2. The van der Waals surface area contributed by atoms with Gasteiger partial charge in [-0.3, -0.25) is 0 Å². The zero-order chi connectivity index (χ0) is 29.8. The summed E-state index contributed by atoms with van der Waals surface area (Å²) in [4.78, 5) is 0. The summed E-state index contributed by atoms with van der Waals surface area (Å²) in [5.74, 6) is 0. The van der Waals surface area contributed by atoms with Gasteiger partial charge in [0.05, 0.1) is 13.2 Å². The fraction of sp³-hybridized carbons (Fsp3) is 1.00. The van der Waals surface area contributed by atoms with Crippen LogP contribution in [0, 0.1) is 0 Å². The lowest BCUT2D eigenvalue weighted by Gasteiger charge is -2.45. The van der Waals surface area contributed by atoms with Crippen LogP contribution >= 0.6 is 0 Å². The number of hydrogen-bond acceptors (Lipinski definition) is 13. The summed E-state index contributed by atoms with van der Waals surface area (Å²) in [7, 11) is -6.01. The summed E-state index contributed by atoms with van der Waals surface area (Å²) in [5.41, 5.74) is 0. The minimum Gasteiger partial charge on any atom is -0.437 e. The zero-order valence-corrected chi connectivity index (χ0v) is 27.1. The Balaban J connectivity index is 1.92. The highest BCUT2D eigenvalue weighted by atomic mass is 28.5. The third kappa shape index (κ3) is 10.4. The predicted octanol–water partition coefficient (Wildman–Crippen LogP) is -0.818. The topological polar surface area (TPSA) is 197 Å². The fourth-order valence-corrected chi connectivity index (χ4v) is 17.5. The minimum absolute atomic E-state index is 0.217. The molecule has 0 unspecified atom stereocenters. The molecule has 16 heteroatoms. The van der Waals surface area contributed by atoms with Crippen LogP contribution in [0.2, 0.25) is 51.9 Å². The van der Waals surface area contributed by atoms with E-state index in [2.05, 4.69) is 45.8 Å². The second-order valence-electron chi connectivity index (χ2n) is 12.4. The van der Waals surface area contributed by atoms with E-state index in [1.165, 1.54) is 0 Å². The van der Waals surface area contributed by atoms with Crippen LogP contribution in [0.3, 0.4) is 0 Å². The summed E-state index contributed by atoms with van der Waals surface area (Å²) in [5, 5.41) is 70.8.